The second kappa shape index (κ2) is 7.54. The van der Waals surface area contributed by atoms with E-state index in [2.05, 4.69) is 0 Å². The molecule has 5 heteroatoms. The van der Waals surface area contributed by atoms with Crippen LogP contribution < -0.4 is 0 Å². The molecule has 1 N–H and O–H groups in total. The topological polar surface area (TPSA) is 69.6 Å². The van der Waals surface area contributed by atoms with Gasteiger partial charge >= 0.3 is 5.97 Å². The van der Waals surface area contributed by atoms with Gasteiger partial charge in [-0.3, -0.25) is 4.79 Å². The zero-order chi connectivity index (χ0) is 15.5. The Morgan fingerprint density at radius 2 is 1.73 bits per heavy atom. The second-order valence-corrected chi connectivity index (χ2v) is 8.97. The van der Waals surface area contributed by atoms with Crippen LogP contribution in [0.5, 0.6) is 0 Å². The highest BCUT2D eigenvalue weighted by atomic mass is 32.2. The molecule has 0 aromatic heterocycles. The minimum atomic E-state index is -0.691. The van der Waals surface area contributed by atoms with Crippen molar-refractivity contribution in [1.82, 2.24) is 0 Å². The third kappa shape index (κ3) is 4.18. The van der Waals surface area contributed by atoms with Gasteiger partial charge in [0.05, 0.1) is 12.2 Å². The van der Waals surface area contributed by atoms with Crippen molar-refractivity contribution < 1.29 is 19.2 Å². The molecule has 0 amide bonds. The van der Waals surface area contributed by atoms with Gasteiger partial charge < -0.3 is 14.4 Å². The second-order valence-electron chi connectivity index (χ2n) is 7.21. The van der Waals surface area contributed by atoms with Crippen molar-refractivity contribution in [2.45, 2.75) is 81.7 Å². The summed E-state index contributed by atoms with van der Waals surface area (Å²) in [5, 5.41) is 9.12. The number of carbonyl (C=O) groups is 1. The highest BCUT2D eigenvalue weighted by Gasteiger charge is 2.51. The predicted octanol–water partition coefficient (Wildman–Crippen LogP) is 3.12. The molecule has 3 rings (SSSR count). The molecule has 3 fully saturated rings. The number of hydrogen-bond acceptors (Lipinski definition) is 3. The summed E-state index contributed by atoms with van der Waals surface area (Å²) in [5.74, 6) is 1.28. The van der Waals surface area contributed by atoms with Crippen LogP contribution in [0.25, 0.3) is 0 Å². The standard InChI is InChI=1S/C17H28O4S/c18-17(19)6-4-2-1-3-5-13-14(11-22(20)12-7-8-12)16-10-9-15(13)21-16/h12-16H,1-11H2,(H,18,19)/t13-,14+,15-,16+,22?/m0/s1. The molecule has 3 aliphatic rings. The number of carboxylic acids is 1. The lowest BCUT2D eigenvalue weighted by atomic mass is 9.77. The molecule has 0 aromatic carbocycles. The molecule has 2 aliphatic heterocycles. The van der Waals surface area contributed by atoms with Crippen LogP contribution in [0, 0.1) is 11.8 Å². The summed E-state index contributed by atoms with van der Waals surface area (Å²) in [7, 11) is 0. The van der Waals surface area contributed by atoms with Crippen LogP contribution in [-0.2, 0) is 20.7 Å². The fraction of sp³-hybridized carbons (Fsp3) is 0.941. The first-order chi connectivity index (χ1) is 10.6. The van der Waals surface area contributed by atoms with E-state index < -0.39 is 17.1 Å². The number of ether oxygens (including phenoxy) is 1. The Labute approximate surface area is 136 Å². The lowest BCUT2D eigenvalue weighted by Crippen LogP contribution is -2.34. The fourth-order valence-electron chi connectivity index (χ4n) is 4.17. The third-order valence-corrected chi connectivity index (χ3v) is 7.45. The largest absolute Gasteiger partial charge is 0.616 e. The van der Waals surface area contributed by atoms with Crippen molar-refractivity contribution in [3.63, 3.8) is 0 Å². The van der Waals surface area contributed by atoms with Crippen LogP contribution in [-0.4, -0.2) is 38.8 Å². The first-order valence-electron chi connectivity index (χ1n) is 8.89. The van der Waals surface area contributed by atoms with Crippen molar-refractivity contribution in [3.05, 3.63) is 0 Å². The number of hydrogen-bond donors (Lipinski definition) is 1. The summed E-state index contributed by atoms with van der Waals surface area (Å²) in [5.41, 5.74) is 0. The molecule has 1 unspecified atom stereocenters. The third-order valence-electron chi connectivity index (χ3n) is 5.52. The zero-order valence-electron chi connectivity index (χ0n) is 13.2. The van der Waals surface area contributed by atoms with Gasteiger partial charge in [-0.25, -0.2) is 0 Å². The van der Waals surface area contributed by atoms with Crippen molar-refractivity contribution in [3.8, 4) is 0 Å². The van der Waals surface area contributed by atoms with E-state index in [9.17, 15) is 9.35 Å². The molecule has 1 aliphatic carbocycles. The molecule has 0 radical (unpaired) electrons. The van der Waals surface area contributed by atoms with E-state index in [1.165, 1.54) is 12.8 Å². The maximum absolute atomic E-state index is 12.3. The minimum Gasteiger partial charge on any atom is -0.616 e. The molecule has 0 spiro atoms. The van der Waals surface area contributed by atoms with Gasteiger partial charge in [0.1, 0.15) is 11.0 Å². The van der Waals surface area contributed by atoms with Crippen molar-refractivity contribution in [1.29, 1.82) is 0 Å². The maximum atomic E-state index is 12.3. The fourth-order valence-corrected chi connectivity index (χ4v) is 5.94. The van der Waals surface area contributed by atoms with E-state index in [-0.39, 0.29) is 0 Å². The Morgan fingerprint density at radius 1 is 1.05 bits per heavy atom. The van der Waals surface area contributed by atoms with Gasteiger partial charge in [0, 0.05) is 12.3 Å². The average Bonchev–Trinajstić information content (AvgIpc) is 3.16. The molecule has 2 bridgehead atoms. The molecule has 5 atom stereocenters. The molecule has 0 aromatic rings. The van der Waals surface area contributed by atoms with E-state index in [1.807, 2.05) is 0 Å². The average molecular weight is 328 g/mol. The molecule has 126 valence electrons. The molecular formula is C17H28O4S. The Morgan fingerprint density at radius 3 is 2.41 bits per heavy atom. The minimum absolute atomic E-state index is 0.292. The molecule has 1 saturated carbocycles. The highest BCUT2D eigenvalue weighted by Crippen LogP contribution is 2.47. The van der Waals surface area contributed by atoms with Gasteiger partial charge in [0.15, 0.2) is 0 Å². The quantitative estimate of drug-likeness (QED) is 0.494. The summed E-state index contributed by atoms with van der Waals surface area (Å²) in [6.45, 7) is 0. The van der Waals surface area contributed by atoms with E-state index in [4.69, 9.17) is 9.84 Å². The first-order valence-corrected chi connectivity index (χ1v) is 10.3. The van der Waals surface area contributed by atoms with Gasteiger partial charge in [0.25, 0.3) is 0 Å². The van der Waals surface area contributed by atoms with Crippen LogP contribution in [0.3, 0.4) is 0 Å². The normalized spacial score (nSPS) is 35.0. The molecule has 4 nitrogen and oxygen atoms in total. The zero-order valence-corrected chi connectivity index (χ0v) is 14.1. The van der Waals surface area contributed by atoms with E-state index >= 15 is 0 Å². The lowest BCUT2D eigenvalue weighted by molar-refractivity contribution is -0.137. The van der Waals surface area contributed by atoms with Gasteiger partial charge in [-0.1, -0.05) is 30.4 Å². The van der Waals surface area contributed by atoms with Crippen LogP contribution in [0.2, 0.25) is 0 Å². The summed E-state index contributed by atoms with van der Waals surface area (Å²) < 4.78 is 18.4. The molecule has 2 heterocycles. The van der Waals surface area contributed by atoms with Gasteiger partial charge in [-0.2, -0.15) is 0 Å². The van der Waals surface area contributed by atoms with Gasteiger partial charge in [-0.05, 0) is 44.4 Å². The van der Waals surface area contributed by atoms with Crippen LogP contribution >= 0.6 is 0 Å². The number of aliphatic carboxylic acids is 1. The Bertz CT molecular complexity index is 385. The number of unbranched alkanes of at least 4 members (excludes halogenated alkanes) is 3. The summed E-state index contributed by atoms with van der Waals surface area (Å²) in [6, 6.07) is 0. The lowest BCUT2D eigenvalue weighted by Gasteiger charge is -2.28. The maximum Gasteiger partial charge on any atom is 0.303 e. The van der Waals surface area contributed by atoms with Gasteiger partial charge in [-0.15, -0.1) is 0 Å². The highest BCUT2D eigenvalue weighted by molar-refractivity contribution is 7.92. The molecule has 2 saturated heterocycles. The first kappa shape index (κ1) is 16.6. The van der Waals surface area contributed by atoms with Crippen molar-refractivity contribution in [2.24, 2.45) is 11.8 Å². The number of rotatable bonds is 10. The molecular weight excluding hydrogens is 300 g/mol. The van der Waals surface area contributed by atoms with E-state index in [0.29, 0.717) is 35.7 Å². The summed E-state index contributed by atoms with van der Waals surface area (Å²) in [6.07, 6.45) is 10.9. The van der Waals surface area contributed by atoms with Gasteiger partial charge in [0.2, 0.25) is 0 Å². The SMILES string of the molecule is O=C(O)CCCCCC[C@H]1[C@@H](C[S+]([O-])C2CC2)[C@H]2CC[C@@H]1O2. The Balaban J connectivity index is 1.39. The summed E-state index contributed by atoms with van der Waals surface area (Å²) >= 11 is -0.634. The number of fused-ring (bicyclic) bond motifs is 2. The number of carboxylic acid groups (broad SMARTS) is 1. The predicted molar refractivity (Wildman–Crippen MR) is 86.2 cm³/mol. The molecule has 22 heavy (non-hydrogen) atoms. The Kier molecular flexibility index (Phi) is 5.69. The van der Waals surface area contributed by atoms with E-state index in [1.54, 1.807) is 0 Å². The summed E-state index contributed by atoms with van der Waals surface area (Å²) in [4.78, 5) is 10.5. The van der Waals surface area contributed by atoms with Crippen LogP contribution in [0.1, 0.15) is 64.2 Å². The monoisotopic (exact) mass is 328 g/mol. The van der Waals surface area contributed by atoms with Crippen molar-refractivity contribution in [2.75, 3.05) is 5.75 Å². The van der Waals surface area contributed by atoms with Crippen LogP contribution in [0.15, 0.2) is 0 Å². The van der Waals surface area contributed by atoms with E-state index in [0.717, 1.165) is 50.7 Å². The Hall–Kier alpha value is -0.260. The van der Waals surface area contributed by atoms with Crippen LogP contribution in [0.4, 0.5) is 0 Å². The smallest absolute Gasteiger partial charge is 0.303 e. The van der Waals surface area contributed by atoms with Crippen molar-refractivity contribution >= 4 is 17.1 Å².